The molecule has 7 nitrogen and oxygen atoms in total. The lowest BCUT2D eigenvalue weighted by molar-refractivity contribution is 0.322. The van der Waals surface area contributed by atoms with Crippen molar-refractivity contribution in [2.75, 3.05) is 32.5 Å². The smallest absolute Gasteiger partial charge is 0.191 e. The minimum atomic E-state index is 0. The van der Waals surface area contributed by atoms with Crippen molar-refractivity contribution in [2.45, 2.75) is 45.3 Å². The van der Waals surface area contributed by atoms with Crippen molar-refractivity contribution in [3.8, 4) is 5.75 Å². The van der Waals surface area contributed by atoms with Crippen molar-refractivity contribution in [1.82, 2.24) is 25.4 Å². The van der Waals surface area contributed by atoms with Gasteiger partial charge in [-0.05, 0) is 37.7 Å². The summed E-state index contributed by atoms with van der Waals surface area (Å²) >= 11 is 1.65. The Morgan fingerprint density at radius 3 is 2.63 bits per heavy atom. The first kappa shape index (κ1) is 26.5. The Hall–Kier alpha value is -1.49. The average molecular weight is 547 g/mol. The molecular formula is C21H35IN6OS. The number of hydrogen-bond acceptors (Lipinski definition) is 5. The van der Waals surface area contributed by atoms with Crippen molar-refractivity contribution < 1.29 is 4.74 Å². The number of ether oxygens (including phenoxy) is 1. The molecule has 0 amide bonds. The second kappa shape index (κ2) is 15.3. The van der Waals surface area contributed by atoms with Crippen LogP contribution in [0, 0.1) is 5.92 Å². The molecule has 168 valence electrons. The predicted octanol–water partition coefficient (Wildman–Crippen LogP) is 3.84. The molecule has 1 aromatic carbocycles. The van der Waals surface area contributed by atoms with Crippen LogP contribution in [0.2, 0.25) is 0 Å². The minimum absolute atomic E-state index is 0. The van der Waals surface area contributed by atoms with Gasteiger partial charge >= 0.3 is 0 Å². The first-order chi connectivity index (χ1) is 14.1. The second-order valence-corrected chi connectivity index (χ2v) is 7.83. The fourth-order valence-corrected chi connectivity index (χ4v) is 3.35. The van der Waals surface area contributed by atoms with E-state index in [0.29, 0.717) is 19.1 Å². The monoisotopic (exact) mass is 546 g/mol. The second-order valence-electron chi connectivity index (χ2n) is 7.06. The lowest BCUT2D eigenvalue weighted by Gasteiger charge is -2.13. The molecule has 2 aromatic rings. The molecule has 9 heteroatoms. The third-order valence-electron chi connectivity index (χ3n) is 4.10. The van der Waals surface area contributed by atoms with E-state index in [1.165, 1.54) is 0 Å². The van der Waals surface area contributed by atoms with Crippen molar-refractivity contribution in [2.24, 2.45) is 10.9 Å². The van der Waals surface area contributed by atoms with Crippen molar-refractivity contribution in [3.63, 3.8) is 0 Å². The molecule has 0 aliphatic heterocycles. The van der Waals surface area contributed by atoms with Gasteiger partial charge in [-0.15, -0.1) is 34.2 Å². The van der Waals surface area contributed by atoms with Gasteiger partial charge in [0.05, 0.1) is 6.54 Å². The van der Waals surface area contributed by atoms with E-state index in [4.69, 9.17) is 4.74 Å². The van der Waals surface area contributed by atoms with Crippen LogP contribution in [0.25, 0.3) is 0 Å². The van der Waals surface area contributed by atoms with E-state index in [1.54, 1.807) is 11.8 Å². The standard InChI is InChI=1S/C21H34N6OS.HI/c1-5-22-20(24-14-15-28-18-10-7-6-8-11-18)23-13-9-12-19-25-26-21(29-4)27(19)16-17(2)3;/h6-8,10-11,17H,5,9,12-16H2,1-4H3,(H2,22,23,24);1H. The molecule has 0 spiro atoms. The maximum atomic E-state index is 5.71. The Morgan fingerprint density at radius 1 is 1.20 bits per heavy atom. The highest BCUT2D eigenvalue weighted by atomic mass is 127. The number of para-hydroxylation sites is 1. The summed E-state index contributed by atoms with van der Waals surface area (Å²) in [5, 5.41) is 16.3. The van der Waals surface area contributed by atoms with Gasteiger partial charge in [0.25, 0.3) is 0 Å². The van der Waals surface area contributed by atoms with E-state index in [2.05, 4.69) is 51.2 Å². The van der Waals surface area contributed by atoms with E-state index in [-0.39, 0.29) is 24.0 Å². The van der Waals surface area contributed by atoms with Crippen LogP contribution in [0.1, 0.15) is 33.0 Å². The van der Waals surface area contributed by atoms with Crippen molar-refractivity contribution >= 4 is 41.7 Å². The van der Waals surface area contributed by atoms with Gasteiger partial charge in [0.1, 0.15) is 18.2 Å². The van der Waals surface area contributed by atoms with Gasteiger partial charge in [-0.25, -0.2) is 0 Å². The molecule has 2 N–H and O–H groups in total. The van der Waals surface area contributed by atoms with E-state index >= 15 is 0 Å². The minimum Gasteiger partial charge on any atom is -0.492 e. The number of thioether (sulfide) groups is 1. The maximum Gasteiger partial charge on any atom is 0.191 e. The summed E-state index contributed by atoms with van der Waals surface area (Å²) in [5.41, 5.74) is 0. The molecule has 0 fully saturated rings. The average Bonchev–Trinajstić information content (AvgIpc) is 3.10. The molecule has 0 saturated heterocycles. The molecule has 0 saturated carbocycles. The Morgan fingerprint density at radius 2 is 1.97 bits per heavy atom. The van der Waals surface area contributed by atoms with Crippen LogP contribution in [-0.4, -0.2) is 53.2 Å². The number of aromatic nitrogens is 3. The summed E-state index contributed by atoms with van der Waals surface area (Å²) < 4.78 is 7.95. The van der Waals surface area contributed by atoms with Gasteiger partial charge in [-0.1, -0.05) is 43.8 Å². The van der Waals surface area contributed by atoms with Crippen LogP contribution in [0.4, 0.5) is 0 Å². The zero-order chi connectivity index (χ0) is 20.9. The van der Waals surface area contributed by atoms with E-state index in [0.717, 1.165) is 55.2 Å². The van der Waals surface area contributed by atoms with Crippen molar-refractivity contribution in [1.29, 1.82) is 0 Å². The molecule has 0 radical (unpaired) electrons. The Balaban J connectivity index is 0.00000450. The quantitative estimate of drug-likeness (QED) is 0.139. The van der Waals surface area contributed by atoms with Gasteiger partial charge < -0.3 is 19.9 Å². The summed E-state index contributed by atoms with van der Waals surface area (Å²) in [4.78, 5) is 4.67. The van der Waals surface area contributed by atoms with Gasteiger partial charge in [0.15, 0.2) is 11.1 Å². The first-order valence-corrected chi connectivity index (χ1v) is 11.5. The van der Waals surface area contributed by atoms with E-state index in [9.17, 15) is 0 Å². The normalized spacial score (nSPS) is 11.3. The zero-order valence-corrected chi connectivity index (χ0v) is 21.6. The summed E-state index contributed by atoms with van der Waals surface area (Å²) in [7, 11) is 0. The number of nitrogens with one attached hydrogen (secondary N) is 2. The topological polar surface area (TPSA) is 76.4 Å². The number of halogens is 1. The Bertz CT molecular complexity index is 738. The highest BCUT2D eigenvalue weighted by Gasteiger charge is 2.12. The Labute approximate surface area is 201 Å². The molecule has 0 aliphatic rings. The fraction of sp³-hybridized carbons (Fsp3) is 0.571. The highest BCUT2D eigenvalue weighted by Crippen LogP contribution is 2.16. The summed E-state index contributed by atoms with van der Waals surface area (Å²) in [6, 6.07) is 9.84. The third-order valence-corrected chi connectivity index (χ3v) is 4.77. The Kier molecular flexibility index (Phi) is 13.6. The zero-order valence-electron chi connectivity index (χ0n) is 18.4. The maximum absolute atomic E-state index is 5.71. The molecule has 0 atom stereocenters. The number of rotatable bonds is 12. The molecule has 1 aromatic heterocycles. The van der Waals surface area contributed by atoms with Crippen LogP contribution in [-0.2, 0) is 13.0 Å². The largest absolute Gasteiger partial charge is 0.492 e. The molecule has 30 heavy (non-hydrogen) atoms. The number of hydrogen-bond donors (Lipinski definition) is 2. The number of benzene rings is 1. The van der Waals surface area contributed by atoms with Crippen molar-refractivity contribution in [3.05, 3.63) is 36.2 Å². The molecule has 0 unspecified atom stereocenters. The van der Waals surface area contributed by atoms with Crippen LogP contribution < -0.4 is 15.4 Å². The molecule has 0 bridgehead atoms. The van der Waals surface area contributed by atoms with E-state index in [1.807, 2.05) is 36.6 Å². The molecular weight excluding hydrogens is 511 g/mol. The lowest BCUT2D eigenvalue weighted by atomic mass is 10.2. The van der Waals surface area contributed by atoms with Gasteiger partial charge in [-0.3, -0.25) is 4.99 Å². The number of nitrogens with zero attached hydrogens (tertiary/aromatic N) is 4. The van der Waals surface area contributed by atoms with Gasteiger partial charge in [0, 0.05) is 26.1 Å². The number of aryl methyl sites for hydroxylation is 1. The SMILES string of the molecule is CCNC(=NCCCc1nnc(SC)n1CC(C)C)NCCOc1ccccc1.I. The van der Waals surface area contributed by atoms with Crippen LogP contribution in [0.15, 0.2) is 40.5 Å². The number of aliphatic imine (C=N–C) groups is 1. The van der Waals surface area contributed by atoms with E-state index < -0.39 is 0 Å². The van der Waals surface area contributed by atoms with Crippen LogP contribution in [0.5, 0.6) is 5.75 Å². The number of guanidine groups is 1. The van der Waals surface area contributed by atoms with Crippen LogP contribution in [0.3, 0.4) is 0 Å². The summed E-state index contributed by atoms with van der Waals surface area (Å²) in [6.45, 7) is 10.3. The fourth-order valence-electron chi connectivity index (χ4n) is 2.83. The lowest BCUT2D eigenvalue weighted by Crippen LogP contribution is -2.39. The highest BCUT2D eigenvalue weighted by molar-refractivity contribution is 14.0. The molecule has 0 aliphatic carbocycles. The third kappa shape index (κ3) is 9.55. The molecule has 1 heterocycles. The first-order valence-electron chi connectivity index (χ1n) is 10.3. The predicted molar refractivity (Wildman–Crippen MR) is 136 cm³/mol. The molecule has 2 rings (SSSR count). The summed E-state index contributed by atoms with van der Waals surface area (Å²) in [5.74, 6) is 3.31. The van der Waals surface area contributed by atoms with Gasteiger partial charge in [0.2, 0.25) is 0 Å². The van der Waals surface area contributed by atoms with Crippen LogP contribution >= 0.6 is 35.7 Å². The summed E-state index contributed by atoms with van der Waals surface area (Å²) in [6.07, 6.45) is 3.85. The van der Waals surface area contributed by atoms with Gasteiger partial charge in [-0.2, -0.15) is 0 Å².